The van der Waals surface area contributed by atoms with Gasteiger partial charge in [-0.3, -0.25) is 0 Å². The summed E-state index contributed by atoms with van der Waals surface area (Å²) in [4.78, 5) is 9.26. The van der Waals surface area contributed by atoms with E-state index in [0.717, 1.165) is 36.3 Å². The summed E-state index contributed by atoms with van der Waals surface area (Å²) >= 11 is 6.27. The van der Waals surface area contributed by atoms with Gasteiger partial charge in [0.1, 0.15) is 10.8 Å². The molecule has 1 aliphatic carbocycles. The van der Waals surface area contributed by atoms with E-state index in [2.05, 4.69) is 11.9 Å². The lowest BCUT2D eigenvalue weighted by Gasteiger charge is -2.30. The first-order chi connectivity index (χ1) is 9.13. The largest absolute Gasteiger partial charge is 0.370 e. The quantitative estimate of drug-likeness (QED) is 0.616. The van der Waals surface area contributed by atoms with Gasteiger partial charge in [-0.2, -0.15) is 0 Å². The zero-order chi connectivity index (χ0) is 13.9. The second kappa shape index (κ2) is 6.19. The maximum absolute atomic E-state index is 6.27. The van der Waals surface area contributed by atoms with Gasteiger partial charge in [0.05, 0.1) is 0 Å². The number of hydrogen-bond donors (Lipinski definition) is 0. The molecule has 19 heavy (non-hydrogen) atoms. The fourth-order valence-electron chi connectivity index (χ4n) is 2.90. The van der Waals surface area contributed by atoms with Crippen LogP contribution in [0.1, 0.15) is 62.5 Å². The van der Waals surface area contributed by atoms with Crippen molar-refractivity contribution in [3.8, 4) is 0 Å². The van der Waals surface area contributed by atoms with Gasteiger partial charge in [-0.25, -0.2) is 9.97 Å². The second-order valence-electron chi connectivity index (χ2n) is 5.38. The molecule has 1 aromatic heterocycles. The van der Waals surface area contributed by atoms with E-state index in [4.69, 9.17) is 21.3 Å². The first-order valence-electron chi connectivity index (χ1n) is 7.21. The van der Waals surface area contributed by atoms with Gasteiger partial charge in [0.15, 0.2) is 5.82 Å². The van der Waals surface area contributed by atoms with Crippen LogP contribution in [0.5, 0.6) is 0 Å². The Labute approximate surface area is 120 Å². The molecule has 4 heteroatoms. The highest BCUT2D eigenvalue weighted by molar-refractivity contribution is 6.30. The van der Waals surface area contributed by atoms with E-state index >= 15 is 0 Å². The summed E-state index contributed by atoms with van der Waals surface area (Å²) in [5, 5.41) is 0.572. The average molecular weight is 283 g/mol. The number of rotatable bonds is 3. The lowest BCUT2D eigenvalue weighted by atomic mass is 9.92. The van der Waals surface area contributed by atoms with Crippen LogP contribution in [0.15, 0.2) is 0 Å². The molecule has 0 aromatic carbocycles. The SMILES string of the molecule is CCc1nc(C2(OC)CCCCCC2)nc(Cl)c1C. The molecule has 2 rings (SSSR count). The third kappa shape index (κ3) is 2.92. The van der Waals surface area contributed by atoms with Gasteiger partial charge < -0.3 is 4.74 Å². The minimum atomic E-state index is -0.336. The van der Waals surface area contributed by atoms with Gasteiger partial charge in [-0.1, -0.05) is 44.2 Å². The summed E-state index contributed by atoms with van der Waals surface area (Å²) in [6, 6.07) is 0. The fourth-order valence-corrected chi connectivity index (χ4v) is 3.09. The molecule has 1 aromatic rings. The Kier molecular flexibility index (Phi) is 4.80. The molecule has 0 spiro atoms. The van der Waals surface area contributed by atoms with Crippen molar-refractivity contribution in [2.24, 2.45) is 0 Å². The molecule has 3 nitrogen and oxygen atoms in total. The van der Waals surface area contributed by atoms with Crippen LogP contribution in [0.4, 0.5) is 0 Å². The van der Waals surface area contributed by atoms with Gasteiger partial charge in [0.2, 0.25) is 0 Å². The maximum atomic E-state index is 6.27. The summed E-state index contributed by atoms with van der Waals surface area (Å²) in [5.41, 5.74) is 1.70. The molecule has 1 heterocycles. The fraction of sp³-hybridized carbons (Fsp3) is 0.733. The van der Waals surface area contributed by atoms with Crippen LogP contribution in [0.3, 0.4) is 0 Å². The van der Waals surface area contributed by atoms with Crippen LogP contribution in [-0.2, 0) is 16.8 Å². The lowest BCUT2D eigenvalue weighted by Crippen LogP contribution is -2.31. The molecular formula is C15H23ClN2O. The number of halogens is 1. The van der Waals surface area contributed by atoms with Crippen molar-refractivity contribution in [1.82, 2.24) is 9.97 Å². The first-order valence-corrected chi connectivity index (χ1v) is 7.59. The zero-order valence-corrected chi connectivity index (χ0v) is 12.9. The molecule has 0 bridgehead atoms. The molecule has 106 valence electrons. The zero-order valence-electron chi connectivity index (χ0n) is 12.1. The topological polar surface area (TPSA) is 35.0 Å². The molecule has 0 unspecified atom stereocenters. The van der Waals surface area contributed by atoms with Crippen molar-refractivity contribution in [3.63, 3.8) is 0 Å². The van der Waals surface area contributed by atoms with E-state index in [9.17, 15) is 0 Å². The monoisotopic (exact) mass is 282 g/mol. The van der Waals surface area contributed by atoms with Crippen molar-refractivity contribution >= 4 is 11.6 Å². The summed E-state index contributed by atoms with van der Waals surface area (Å²) in [7, 11) is 1.77. The van der Waals surface area contributed by atoms with Gasteiger partial charge in [-0.15, -0.1) is 0 Å². The second-order valence-corrected chi connectivity index (χ2v) is 5.73. The Bertz CT molecular complexity index is 440. The predicted molar refractivity (Wildman–Crippen MR) is 77.5 cm³/mol. The Morgan fingerprint density at radius 3 is 2.32 bits per heavy atom. The lowest BCUT2D eigenvalue weighted by molar-refractivity contribution is -0.0353. The third-order valence-electron chi connectivity index (χ3n) is 4.23. The molecule has 1 saturated carbocycles. The number of aromatic nitrogens is 2. The standard InChI is InChI=1S/C15H23ClN2O/c1-4-12-11(2)13(16)18-14(17-12)15(19-3)9-7-5-6-8-10-15/h4-10H2,1-3H3. The number of nitrogens with zero attached hydrogens (tertiary/aromatic N) is 2. The van der Waals surface area contributed by atoms with E-state index in [-0.39, 0.29) is 5.60 Å². The van der Waals surface area contributed by atoms with E-state index < -0.39 is 0 Å². The highest BCUT2D eigenvalue weighted by Crippen LogP contribution is 2.38. The minimum Gasteiger partial charge on any atom is -0.370 e. The Morgan fingerprint density at radius 2 is 1.79 bits per heavy atom. The molecule has 0 amide bonds. The summed E-state index contributed by atoms with van der Waals surface area (Å²) in [6.45, 7) is 4.08. The smallest absolute Gasteiger partial charge is 0.162 e. The Morgan fingerprint density at radius 1 is 1.16 bits per heavy atom. The third-order valence-corrected chi connectivity index (χ3v) is 4.60. The van der Waals surface area contributed by atoms with Gasteiger partial charge >= 0.3 is 0 Å². The van der Waals surface area contributed by atoms with Crippen LogP contribution in [-0.4, -0.2) is 17.1 Å². The van der Waals surface area contributed by atoms with Gasteiger partial charge in [0.25, 0.3) is 0 Å². The van der Waals surface area contributed by atoms with Crippen molar-refractivity contribution in [3.05, 3.63) is 22.2 Å². The van der Waals surface area contributed by atoms with Crippen LogP contribution in [0.2, 0.25) is 5.15 Å². The van der Waals surface area contributed by atoms with Crippen LogP contribution < -0.4 is 0 Å². The van der Waals surface area contributed by atoms with Crippen molar-refractivity contribution in [2.75, 3.05) is 7.11 Å². The molecule has 1 fully saturated rings. The highest BCUT2D eigenvalue weighted by atomic mass is 35.5. The Balaban J connectivity index is 2.45. The molecule has 0 saturated heterocycles. The molecule has 0 radical (unpaired) electrons. The average Bonchev–Trinajstić information content (AvgIpc) is 2.68. The van der Waals surface area contributed by atoms with Crippen LogP contribution in [0, 0.1) is 6.92 Å². The van der Waals surface area contributed by atoms with Gasteiger partial charge in [-0.05, 0) is 26.2 Å². The minimum absolute atomic E-state index is 0.336. The van der Waals surface area contributed by atoms with Crippen LogP contribution in [0.25, 0.3) is 0 Å². The number of aryl methyl sites for hydroxylation is 1. The van der Waals surface area contributed by atoms with E-state index in [1.807, 2.05) is 6.92 Å². The molecule has 1 aliphatic rings. The van der Waals surface area contributed by atoms with Crippen LogP contribution >= 0.6 is 11.6 Å². The summed E-state index contributed by atoms with van der Waals surface area (Å²) in [6.07, 6.45) is 7.74. The van der Waals surface area contributed by atoms with E-state index in [0.29, 0.717) is 5.15 Å². The normalized spacial score (nSPS) is 19.2. The number of methoxy groups -OCH3 is 1. The summed E-state index contributed by atoms with van der Waals surface area (Å²) in [5.74, 6) is 0.782. The molecular weight excluding hydrogens is 260 g/mol. The van der Waals surface area contributed by atoms with Gasteiger partial charge in [0, 0.05) is 18.4 Å². The maximum Gasteiger partial charge on any atom is 0.162 e. The van der Waals surface area contributed by atoms with Crippen molar-refractivity contribution in [2.45, 2.75) is 64.4 Å². The molecule has 0 aliphatic heterocycles. The predicted octanol–water partition coefficient (Wildman–Crippen LogP) is 4.20. The number of ether oxygens (including phenoxy) is 1. The van der Waals surface area contributed by atoms with Crippen molar-refractivity contribution in [1.29, 1.82) is 0 Å². The first kappa shape index (κ1) is 14.7. The summed E-state index contributed by atoms with van der Waals surface area (Å²) < 4.78 is 5.86. The van der Waals surface area contributed by atoms with Crippen molar-refractivity contribution < 1.29 is 4.74 Å². The molecule has 0 N–H and O–H groups in total. The molecule has 0 atom stereocenters. The van der Waals surface area contributed by atoms with E-state index in [1.165, 1.54) is 25.7 Å². The number of hydrogen-bond acceptors (Lipinski definition) is 3. The Hall–Kier alpha value is -0.670. The highest BCUT2D eigenvalue weighted by Gasteiger charge is 2.36. The van der Waals surface area contributed by atoms with E-state index in [1.54, 1.807) is 7.11 Å².